The van der Waals surface area contributed by atoms with Crippen LogP contribution in [0.4, 0.5) is 0 Å². The maximum atomic E-state index is 13.2. The third-order valence-electron chi connectivity index (χ3n) is 4.60. The number of carbonyl (C=O) groups is 2. The molecule has 30 heavy (non-hydrogen) atoms. The second-order valence-corrected chi connectivity index (χ2v) is 7.98. The average Bonchev–Trinajstić information content (AvgIpc) is 3.26. The van der Waals surface area contributed by atoms with Gasteiger partial charge in [-0.1, -0.05) is 35.9 Å². The van der Waals surface area contributed by atoms with E-state index in [-0.39, 0.29) is 12.4 Å². The molecule has 7 heteroatoms. The summed E-state index contributed by atoms with van der Waals surface area (Å²) in [7, 11) is 0. The van der Waals surface area contributed by atoms with Gasteiger partial charge in [-0.25, -0.2) is 4.98 Å². The fourth-order valence-corrected chi connectivity index (χ4v) is 2.97. The first kappa shape index (κ1) is 21.6. The van der Waals surface area contributed by atoms with Crippen LogP contribution in [0, 0.1) is 5.41 Å². The van der Waals surface area contributed by atoms with Crippen molar-refractivity contribution in [1.82, 2.24) is 9.55 Å². The zero-order valence-corrected chi connectivity index (χ0v) is 17.8. The number of hydrogen-bond acceptors (Lipinski definition) is 5. The average molecular weight is 427 g/mol. The molecular formula is C23H23ClN2O4. The third-order valence-corrected chi connectivity index (χ3v) is 4.85. The predicted molar refractivity (Wildman–Crippen MR) is 114 cm³/mol. The minimum Gasteiger partial charge on any atom is -0.465 e. The van der Waals surface area contributed by atoms with Gasteiger partial charge in [0.1, 0.15) is 12.4 Å². The maximum Gasteiger partial charge on any atom is 0.302 e. The Kier molecular flexibility index (Phi) is 6.57. The van der Waals surface area contributed by atoms with Crippen molar-refractivity contribution in [3.63, 3.8) is 0 Å². The number of hydrogen-bond donors (Lipinski definition) is 0. The molecule has 3 rings (SSSR count). The molecule has 1 aromatic heterocycles. The Labute approximate surface area is 180 Å². The maximum absolute atomic E-state index is 13.2. The first-order valence-electron chi connectivity index (χ1n) is 9.44. The van der Waals surface area contributed by atoms with Gasteiger partial charge in [-0.3, -0.25) is 14.2 Å². The summed E-state index contributed by atoms with van der Waals surface area (Å²) < 4.78 is 12.7. The summed E-state index contributed by atoms with van der Waals surface area (Å²) in [6.45, 7) is 4.71. The fourth-order valence-electron chi connectivity index (χ4n) is 2.84. The number of nitrogens with zero attached hydrogens (tertiary/aromatic N) is 2. The number of halogens is 1. The molecule has 0 fully saturated rings. The second kappa shape index (κ2) is 9.13. The molecule has 6 nitrogen and oxygen atoms in total. The smallest absolute Gasteiger partial charge is 0.302 e. The molecule has 0 amide bonds. The molecule has 0 radical (unpaired) electrons. The first-order valence-corrected chi connectivity index (χ1v) is 9.82. The third kappa shape index (κ3) is 5.27. The van der Waals surface area contributed by atoms with Crippen LogP contribution >= 0.6 is 11.6 Å². The fraction of sp³-hybridized carbons (Fsp3) is 0.261. The molecule has 3 aromatic rings. The molecule has 0 bridgehead atoms. The number of esters is 1. The summed E-state index contributed by atoms with van der Waals surface area (Å²) in [5, 5.41) is 0.678. The largest absolute Gasteiger partial charge is 0.465 e. The van der Waals surface area contributed by atoms with E-state index in [2.05, 4.69) is 4.98 Å². The van der Waals surface area contributed by atoms with Gasteiger partial charge >= 0.3 is 5.97 Å². The zero-order chi connectivity index (χ0) is 21.7. The lowest BCUT2D eigenvalue weighted by Gasteiger charge is -2.28. The standard InChI is InChI=1S/C23H23ClN2O4/c1-16(27)29-14-23(2,3)21(28)22(26-13-12-25-15-26)30-20-10-6-18(7-11-20)17-4-8-19(24)9-5-17/h4-13,15,22H,14H2,1-3H3. The van der Waals surface area contributed by atoms with Crippen molar-refractivity contribution < 1.29 is 19.1 Å². The quantitative estimate of drug-likeness (QED) is 0.477. The molecule has 1 heterocycles. The van der Waals surface area contributed by atoms with Gasteiger partial charge in [0.25, 0.3) is 0 Å². The van der Waals surface area contributed by atoms with Gasteiger partial charge < -0.3 is 9.47 Å². The molecule has 1 atom stereocenters. The van der Waals surface area contributed by atoms with Crippen LogP contribution in [-0.4, -0.2) is 27.9 Å². The topological polar surface area (TPSA) is 70.4 Å². The number of benzene rings is 2. The van der Waals surface area contributed by atoms with Gasteiger partial charge in [-0.2, -0.15) is 0 Å². The number of imidazole rings is 1. The van der Waals surface area contributed by atoms with Crippen LogP contribution in [0.15, 0.2) is 67.3 Å². The van der Waals surface area contributed by atoms with Crippen LogP contribution in [0.1, 0.15) is 27.0 Å². The normalized spacial score (nSPS) is 12.3. The molecule has 0 aliphatic carbocycles. The lowest BCUT2D eigenvalue weighted by molar-refractivity contribution is -0.150. The van der Waals surface area contributed by atoms with Crippen LogP contribution in [0.25, 0.3) is 11.1 Å². The molecule has 0 N–H and O–H groups in total. The van der Waals surface area contributed by atoms with Crippen LogP contribution < -0.4 is 4.74 Å². The summed E-state index contributed by atoms with van der Waals surface area (Å²) in [4.78, 5) is 28.4. The van der Waals surface area contributed by atoms with Gasteiger partial charge in [-0.15, -0.1) is 0 Å². The number of ether oxygens (including phenoxy) is 2. The molecular weight excluding hydrogens is 404 g/mol. The molecule has 0 saturated heterocycles. The van der Waals surface area contributed by atoms with Gasteiger partial charge in [0, 0.05) is 24.3 Å². The van der Waals surface area contributed by atoms with E-state index in [0.717, 1.165) is 11.1 Å². The number of carbonyl (C=O) groups excluding carboxylic acids is 2. The Morgan fingerprint density at radius 1 is 1.07 bits per heavy atom. The van der Waals surface area contributed by atoms with Crippen molar-refractivity contribution in [1.29, 1.82) is 0 Å². The van der Waals surface area contributed by atoms with E-state index in [9.17, 15) is 9.59 Å². The minimum atomic E-state index is -0.945. The van der Waals surface area contributed by atoms with Crippen molar-refractivity contribution in [3.8, 4) is 16.9 Å². The highest BCUT2D eigenvalue weighted by Crippen LogP contribution is 2.29. The van der Waals surface area contributed by atoms with Crippen molar-refractivity contribution in [2.24, 2.45) is 5.41 Å². The Bertz CT molecular complexity index is 997. The summed E-state index contributed by atoms with van der Waals surface area (Å²) in [6, 6.07) is 15.0. The molecule has 2 aromatic carbocycles. The summed E-state index contributed by atoms with van der Waals surface area (Å²) in [6.07, 6.45) is 3.81. The summed E-state index contributed by atoms with van der Waals surface area (Å²) in [5.41, 5.74) is 1.08. The molecule has 1 unspecified atom stereocenters. The molecule has 0 aliphatic rings. The Balaban J connectivity index is 1.81. The molecule has 0 aliphatic heterocycles. The van der Waals surface area contributed by atoms with Gasteiger partial charge in [0.15, 0.2) is 0 Å². The van der Waals surface area contributed by atoms with E-state index in [1.54, 1.807) is 42.9 Å². The van der Waals surface area contributed by atoms with Gasteiger partial charge in [0.05, 0.1) is 11.7 Å². The Morgan fingerprint density at radius 2 is 1.67 bits per heavy atom. The predicted octanol–water partition coefficient (Wildman–Crippen LogP) is 4.94. The summed E-state index contributed by atoms with van der Waals surface area (Å²) >= 11 is 5.95. The highest BCUT2D eigenvalue weighted by molar-refractivity contribution is 6.30. The van der Waals surface area contributed by atoms with Crippen LogP contribution in [-0.2, 0) is 14.3 Å². The zero-order valence-electron chi connectivity index (χ0n) is 17.0. The van der Waals surface area contributed by atoms with Crippen molar-refractivity contribution in [3.05, 3.63) is 72.3 Å². The van der Waals surface area contributed by atoms with E-state index in [1.165, 1.54) is 13.3 Å². The Hall–Kier alpha value is -3.12. The summed E-state index contributed by atoms with van der Waals surface area (Å²) in [5.74, 6) is -0.139. The van der Waals surface area contributed by atoms with E-state index in [0.29, 0.717) is 10.8 Å². The van der Waals surface area contributed by atoms with Crippen LogP contribution in [0.3, 0.4) is 0 Å². The number of ketones is 1. The molecule has 156 valence electrons. The van der Waals surface area contributed by atoms with Crippen molar-refractivity contribution >= 4 is 23.4 Å². The second-order valence-electron chi connectivity index (χ2n) is 7.54. The molecule has 0 saturated carbocycles. The number of Topliss-reactive ketones (excluding diaryl/α,β-unsaturated/α-hetero) is 1. The van der Waals surface area contributed by atoms with Gasteiger partial charge in [0.2, 0.25) is 12.0 Å². The van der Waals surface area contributed by atoms with E-state index in [4.69, 9.17) is 21.1 Å². The first-order chi connectivity index (χ1) is 14.3. The highest BCUT2D eigenvalue weighted by atomic mass is 35.5. The van der Waals surface area contributed by atoms with Crippen molar-refractivity contribution in [2.45, 2.75) is 27.0 Å². The lowest BCUT2D eigenvalue weighted by Crippen LogP contribution is -2.39. The van der Waals surface area contributed by atoms with E-state index >= 15 is 0 Å². The lowest BCUT2D eigenvalue weighted by atomic mass is 9.88. The highest BCUT2D eigenvalue weighted by Gasteiger charge is 2.37. The number of rotatable bonds is 8. The van der Waals surface area contributed by atoms with Crippen molar-refractivity contribution in [2.75, 3.05) is 6.61 Å². The van der Waals surface area contributed by atoms with Crippen LogP contribution in [0.2, 0.25) is 5.02 Å². The van der Waals surface area contributed by atoms with E-state index in [1.807, 2.05) is 36.4 Å². The monoisotopic (exact) mass is 426 g/mol. The van der Waals surface area contributed by atoms with E-state index < -0.39 is 17.6 Å². The SMILES string of the molecule is CC(=O)OCC(C)(C)C(=O)C(Oc1ccc(-c2ccc(Cl)cc2)cc1)n1ccnc1. The Morgan fingerprint density at radius 3 is 2.20 bits per heavy atom. The molecule has 0 spiro atoms. The van der Waals surface area contributed by atoms with Crippen LogP contribution in [0.5, 0.6) is 5.75 Å². The minimum absolute atomic E-state index is 0.0365. The number of aromatic nitrogens is 2. The van der Waals surface area contributed by atoms with Gasteiger partial charge in [-0.05, 0) is 49.2 Å².